The first-order valence-corrected chi connectivity index (χ1v) is 8.57. The van der Waals surface area contributed by atoms with Crippen molar-refractivity contribution < 1.29 is 17.6 Å². The van der Waals surface area contributed by atoms with E-state index in [4.69, 9.17) is 5.26 Å². The largest absolute Gasteiger partial charge is 0.343 e. The molecule has 0 aliphatic heterocycles. The third kappa shape index (κ3) is 5.01. The zero-order chi connectivity index (χ0) is 17.6. The van der Waals surface area contributed by atoms with Gasteiger partial charge in [0.1, 0.15) is 16.8 Å². The van der Waals surface area contributed by atoms with Crippen molar-refractivity contribution in [1.82, 2.24) is 9.62 Å². The zero-order valence-corrected chi connectivity index (χ0v) is 14.1. The summed E-state index contributed by atoms with van der Waals surface area (Å²) < 4.78 is 40.6. The summed E-state index contributed by atoms with van der Waals surface area (Å²) in [7, 11) is -2.68. The lowest BCUT2D eigenvalue weighted by atomic mass is 10.0. The molecule has 0 spiro atoms. The van der Waals surface area contributed by atoms with Gasteiger partial charge in [0.15, 0.2) is 0 Å². The number of carbonyl (C=O) groups excluding carboxylic acids is 1. The lowest BCUT2D eigenvalue weighted by Gasteiger charge is -2.26. The van der Waals surface area contributed by atoms with E-state index in [9.17, 15) is 17.6 Å². The van der Waals surface area contributed by atoms with Gasteiger partial charge in [-0.25, -0.2) is 12.8 Å². The lowest BCUT2D eigenvalue weighted by molar-refractivity contribution is -0.132. The van der Waals surface area contributed by atoms with E-state index in [0.29, 0.717) is 0 Å². The summed E-state index contributed by atoms with van der Waals surface area (Å²) in [6.07, 6.45) is 0.146. The SMILES string of the molecule is CC(C)[C@H](NS(=O)(=O)c1ccccc1F)C(=O)N(C)CCC#N. The Bertz CT molecular complexity index is 698. The van der Waals surface area contributed by atoms with E-state index in [-0.39, 0.29) is 18.9 Å². The number of rotatable bonds is 7. The van der Waals surface area contributed by atoms with Gasteiger partial charge in [0.25, 0.3) is 0 Å². The van der Waals surface area contributed by atoms with E-state index in [1.165, 1.54) is 24.1 Å². The molecule has 8 heteroatoms. The molecule has 0 radical (unpaired) electrons. The Morgan fingerprint density at radius 2 is 2.00 bits per heavy atom. The molecule has 0 aliphatic rings. The summed E-state index contributed by atoms with van der Waals surface area (Å²) in [4.78, 5) is 13.2. The number of sulfonamides is 1. The van der Waals surface area contributed by atoms with Crippen LogP contribution in [0.4, 0.5) is 4.39 Å². The molecule has 0 bridgehead atoms. The minimum atomic E-state index is -4.17. The van der Waals surface area contributed by atoms with Gasteiger partial charge in [-0.15, -0.1) is 0 Å². The Hall–Kier alpha value is -1.98. The van der Waals surface area contributed by atoms with Gasteiger partial charge in [-0.05, 0) is 18.1 Å². The number of nitrogens with one attached hydrogen (secondary N) is 1. The van der Waals surface area contributed by atoms with Crippen LogP contribution in [-0.4, -0.2) is 38.9 Å². The van der Waals surface area contributed by atoms with Crippen LogP contribution in [0.2, 0.25) is 0 Å². The average molecular weight is 341 g/mol. The average Bonchev–Trinajstić information content (AvgIpc) is 2.49. The van der Waals surface area contributed by atoms with E-state index in [2.05, 4.69) is 4.72 Å². The molecule has 1 atom stereocenters. The maximum absolute atomic E-state index is 13.7. The number of hydrogen-bond donors (Lipinski definition) is 1. The molecular weight excluding hydrogens is 321 g/mol. The van der Waals surface area contributed by atoms with Gasteiger partial charge < -0.3 is 4.90 Å². The van der Waals surface area contributed by atoms with Crippen molar-refractivity contribution in [3.63, 3.8) is 0 Å². The van der Waals surface area contributed by atoms with E-state index in [1.54, 1.807) is 13.8 Å². The van der Waals surface area contributed by atoms with Gasteiger partial charge in [0, 0.05) is 13.6 Å². The molecule has 23 heavy (non-hydrogen) atoms. The second kappa shape index (κ2) is 8.04. The third-order valence-electron chi connectivity index (χ3n) is 3.28. The number of likely N-dealkylation sites (N-methyl/N-ethyl adjacent to an activating group) is 1. The molecular formula is C15H20FN3O3S. The molecule has 0 aliphatic carbocycles. The Kier molecular flexibility index (Phi) is 6.66. The second-order valence-corrected chi connectivity index (χ2v) is 7.12. The van der Waals surface area contributed by atoms with Crippen LogP contribution in [0.3, 0.4) is 0 Å². The molecule has 1 amide bonds. The van der Waals surface area contributed by atoms with Gasteiger partial charge in [-0.2, -0.15) is 9.98 Å². The van der Waals surface area contributed by atoms with Crippen molar-refractivity contribution in [3.8, 4) is 6.07 Å². The fourth-order valence-electron chi connectivity index (χ4n) is 1.93. The molecule has 0 saturated carbocycles. The molecule has 1 N–H and O–H groups in total. The predicted octanol–water partition coefficient (Wildman–Crippen LogP) is 1.50. The minimum Gasteiger partial charge on any atom is -0.343 e. The highest BCUT2D eigenvalue weighted by molar-refractivity contribution is 7.89. The second-order valence-electron chi connectivity index (χ2n) is 5.44. The summed E-state index contributed by atoms with van der Waals surface area (Å²) in [5.41, 5.74) is 0. The van der Waals surface area contributed by atoms with Crippen LogP contribution in [0.1, 0.15) is 20.3 Å². The van der Waals surface area contributed by atoms with Crippen LogP contribution in [-0.2, 0) is 14.8 Å². The molecule has 1 aromatic carbocycles. The van der Waals surface area contributed by atoms with Crippen molar-refractivity contribution in [1.29, 1.82) is 5.26 Å². The number of hydrogen-bond acceptors (Lipinski definition) is 4. The van der Waals surface area contributed by atoms with Crippen LogP contribution >= 0.6 is 0 Å². The molecule has 0 fully saturated rings. The maximum atomic E-state index is 13.7. The minimum absolute atomic E-state index is 0.146. The first-order valence-electron chi connectivity index (χ1n) is 7.09. The van der Waals surface area contributed by atoms with E-state index in [1.807, 2.05) is 6.07 Å². The van der Waals surface area contributed by atoms with Crippen LogP contribution in [0.25, 0.3) is 0 Å². The quantitative estimate of drug-likeness (QED) is 0.814. The van der Waals surface area contributed by atoms with Crippen molar-refractivity contribution in [2.45, 2.75) is 31.2 Å². The van der Waals surface area contributed by atoms with Crippen molar-refractivity contribution in [3.05, 3.63) is 30.1 Å². The van der Waals surface area contributed by atoms with Gasteiger partial charge >= 0.3 is 0 Å². The van der Waals surface area contributed by atoms with Crippen molar-refractivity contribution in [2.75, 3.05) is 13.6 Å². The molecule has 1 aromatic rings. The normalized spacial score (nSPS) is 12.7. The fraction of sp³-hybridized carbons (Fsp3) is 0.467. The monoisotopic (exact) mass is 341 g/mol. The Morgan fingerprint density at radius 1 is 1.39 bits per heavy atom. The molecule has 6 nitrogen and oxygen atoms in total. The highest BCUT2D eigenvalue weighted by Gasteiger charge is 2.31. The van der Waals surface area contributed by atoms with E-state index >= 15 is 0 Å². The number of nitriles is 1. The number of halogens is 1. The molecule has 1 rings (SSSR count). The van der Waals surface area contributed by atoms with Crippen LogP contribution in [0, 0.1) is 23.1 Å². The lowest BCUT2D eigenvalue weighted by Crippen LogP contribution is -2.50. The number of carbonyl (C=O) groups is 1. The summed E-state index contributed by atoms with van der Waals surface area (Å²) in [6, 6.07) is 5.85. The molecule has 0 heterocycles. The summed E-state index contributed by atoms with van der Waals surface area (Å²) >= 11 is 0. The van der Waals surface area contributed by atoms with Gasteiger partial charge in [0.2, 0.25) is 15.9 Å². The topological polar surface area (TPSA) is 90.3 Å². The smallest absolute Gasteiger partial charge is 0.244 e. The zero-order valence-electron chi connectivity index (χ0n) is 13.3. The summed E-state index contributed by atoms with van der Waals surface area (Å²) in [6.45, 7) is 3.56. The third-order valence-corrected chi connectivity index (χ3v) is 4.75. The predicted molar refractivity (Wildman–Crippen MR) is 83.2 cm³/mol. The highest BCUT2D eigenvalue weighted by atomic mass is 32.2. The van der Waals surface area contributed by atoms with Gasteiger partial charge in [-0.3, -0.25) is 4.79 Å². The number of benzene rings is 1. The van der Waals surface area contributed by atoms with E-state index < -0.39 is 32.7 Å². The van der Waals surface area contributed by atoms with Gasteiger partial charge in [0.05, 0.1) is 12.5 Å². The fourth-order valence-corrected chi connectivity index (χ4v) is 3.35. The molecule has 0 aromatic heterocycles. The first kappa shape index (κ1) is 19.1. The van der Waals surface area contributed by atoms with Gasteiger partial charge in [-0.1, -0.05) is 26.0 Å². The highest BCUT2D eigenvalue weighted by Crippen LogP contribution is 2.16. The van der Waals surface area contributed by atoms with E-state index in [0.717, 1.165) is 12.1 Å². The number of nitrogens with zero attached hydrogens (tertiary/aromatic N) is 2. The Morgan fingerprint density at radius 3 is 2.52 bits per heavy atom. The van der Waals surface area contributed by atoms with Crippen LogP contribution in [0.5, 0.6) is 0 Å². The Labute approximate surface area is 136 Å². The maximum Gasteiger partial charge on any atom is 0.244 e. The van der Waals surface area contributed by atoms with Crippen LogP contribution in [0.15, 0.2) is 29.2 Å². The molecule has 0 unspecified atom stereocenters. The first-order chi connectivity index (χ1) is 10.7. The Balaban J connectivity index is 3.03. The summed E-state index contributed by atoms with van der Waals surface area (Å²) in [5, 5.41) is 8.57. The summed E-state index contributed by atoms with van der Waals surface area (Å²) in [5.74, 6) is -1.68. The molecule has 126 valence electrons. The van der Waals surface area contributed by atoms with Crippen molar-refractivity contribution in [2.24, 2.45) is 5.92 Å². The van der Waals surface area contributed by atoms with Crippen LogP contribution < -0.4 is 4.72 Å². The van der Waals surface area contributed by atoms with Crippen molar-refractivity contribution >= 4 is 15.9 Å². The molecule has 0 saturated heterocycles. The number of amides is 1. The standard InChI is InChI=1S/C15H20FN3O3S/c1-11(2)14(15(20)19(3)10-6-9-17)18-23(21,22)13-8-5-4-7-12(13)16/h4-5,7-8,11,14,18H,6,10H2,1-3H3/t14-/m0/s1.